The Labute approximate surface area is 108 Å². The predicted molar refractivity (Wildman–Crippen MR) is 73.8 cm³/mol. The van der Waals surface area contributed by atoms with Crippen LogP contribution in [0.1, 0.15) is 18.9 Å². The first kappa shape index (κ1) is 14.3. The van der Waals surface area contributed by atoms with E-state index in [0.29, 0.717) is 6.54 Å². The summed E-state index contributed by atoms with van der Waals surface area (Å²) in [7, 11) is 1.92. The third-order valence-corrected chi connectivity index (χ3v) is 2.85. The van der Waals surface area contributed by atoms with Crippen molar-refractivity contribution < 1.29 is 5.11 Å². The van der Waals surface area contributed by atoms with Crippen molar-refractivity contribution in [3.63, 3.8) is 0 Å². The van der Waals surface area contributed by atoms with Gasteiger partial charge in [-0.2, -0.15) is 0 Å². The maximum Gasteiger partial charge on any atom is 0.0606 e. The summed E-state index contributed by atoms with van der Waals surface area (Å²) in [5.41, 5.74) is 2.32. The van der Waals surface area contributed by atoms with Crippen molar-refractivity contribution in [1.29, 1.82) is 0 Å². The number of nitrogens with zero attached hydrogens (tertiary/aromatic N) is 1. The van der Waals surface area contributed by atoms with E-state index in [-0.39, 0.29) is 6.61 Å². The molecule has 4 heteroatoms. The number of anilines is 1. The van der Waals surface area contributed by atoms with Gasteiger partial charge in [0.1, 0.15) is 0 Å². The van der Waals surface area contributed by atoms with Crippen LogP contribution in [-0.2, 0) is 6.54 Å². The first-order valence-corrected chi connectivity index (χ1v) is 6.39. The van der Waals surface area contributed by atoms with Gasteiger partial charge in [-0.25, -0.2) is 0 Å². The molecule has 0 saturated carbocycles. The third-order valence-electron chi connectivity index (χ3n) is 2.61. The van der Waals surface area contributed by atoms with E-state index in [1.807, 2.05) is 25.2 Å². The molecule has 0 saturated heterocycles. The average Bonchev–Trinajstić information content (AvgIpc) is 2.30. The van der Waals surface area contributed by atoms with Gasteiger partial charge in [-0.1, -0.05) is 18.5 Å². The van der Waals surface area contributed by atoms with Gasteiger partial charge in [0.15, 0.2) is 0 Å². The fraction of sp³-hybridized carbons (Fsp3) is 0.538. The summed E-state index contributed by atoms with van der Waals surface area (Å²) in [6.45, 7) is 4.69. The number of hydrogen-bond acceptors (Lipinski definition) is 3. The normalized spacial score (nSPS) is 10.6. The van der Waals surface area contributed by atoms with E-state index in [4.69, 9.17) is 16.7 Å². The second-order valence-corrected chi connectivity index (χ2v) is 4.45. The van der Waals surface area contributed by atoms with E-state index in [2.05, 4.69) is 17.1 Å². The number of halogens is 1. The fourth-order valence-electron chi connectivity index (χ4n) is 1.94. The highest BCUT2D eigenvalue weighted by molar-refractivity contribution is 6.30. The molecule has 0 fully saturated rings. The van der Waals surface area contributed by atoms with E-state index >= 15 is 0 Å². The van der Waals surface area contributed by atoms with Crippen molar-refractivity contribution in [2.75, 3.05) is 31.6 Å². The highest BCUT2D eigenvalue weighted by Crippen LogP contribution is 2.24. The Balaban J connectivity index is 2.98. The van der Waals surface area contributed by atoms with Gasteiger partial charge in [-0.3, -0.25) is 0 Å². The van der Waals surface area contributed by atoms with Crippen LogP contribution < -0.4 is 10.2 Å². The fourth-order valence-corrected chi connectivity index (χ4v) is 2.13. The molecule has 0 heterocycles. The lowest BCUT2D eigenvalue weighted by Gasteiger charge is -2.26. The van der Waals surface area contributed by atoms with Crippen LogP contribution in [-0.4, -0.2) is 31.9 Å². The molecule has 17 heavy (non-hydrogen) atoms. The van der Waals surface area contributed by atoms with Crippen molar-refractivity contribution in [3.8, 4) is 0 Å². The Morgan fingerprint density at radius 1 is 1.35 bits per heavy atom. The van der Waals surface area contributed by atoms with Crippen molar-refractivity contribution in [3.05, 3.63) is 28.8 Å². The van der Waals surface area contributed by atoms with Crippen molar-refractivity contribution in [1.82, 2.24) is 5.32 Å². The van der Waals surface area contributed by atoms with E-state index in [1.54, 1.807) is 0 Å². The standard InChI is InChI=1S/C13H21ClN2O/c1-3-6-16(7-8-17)13-5-4-12(14)9-11(13)10-15-2/h4-5,9,15,17H,3,6-8,10H2,1-2H3. The zero-order valence-corrected chi connectivity index (χ0v) is 11.3. The van der Waals surface area contributed by atoms with E-state index in [1.165, 1.54) is 5.56 Å². The maximum absolute atomic E-state index is 9.12. The Morgan fingerprint density at radius 3 is 2.71 bits per heavy atom. The topological polar surface area (TPSA) is 35.5 Å². The molecule has 0 atom stereocenters. The molecule has 1 aromatic rings. The predicted octanol–water partition coefficient (Wildman–Crippen LogP) is 2.27. The van der Waals surface area contributed by atoms with Crippen LogP contribution in [0.5, 0.6) is 0 Å². The van der Waals surface area contributed by atoms with E-state index in [9.17, 15) is 0 Å². The monoisotopic (exact) mass is 256 g/mol. The van der Waals surface area contributed by atoms with Crippen LogP contribution >= 0.6 is 11.6 Å². The summed E-state index contributed by atoms with van der Waals surface area (Å²) in [6.07, 6.45) is 1.06. The molecule has 0 spiro atoms. The molecule has 0 aromatic heterocycles. The molecule has 0 radical (unpaired) electrons. The summed E-state index contributed by atoms with van der Waals surface area (Å²) in [4.78, 5) is 2.20. The molecule has 0 aliphatic carbocycles. The van der Waals surface area contributed by atoms with Gasteiger partial charge in [-0.15, -0.1) is 0 Å². The maximum atomic E-state index is 9.12. The molecule has 3 nitrogen and oxygen atoms in total. The van der Waals surface area contributed by atoms with Gasteiger partial charge in [-0.05, 0) is 37.2 Å². The van der Waals surface area contributed by atoms with Gasteiger partial charge < -0.3 is 15.3 Å². The van der Waals surface area contributed by atoms with Gasteiger partial charge >= 0.3 is 0 Å². The number of hydrogen-bond donors (Lipinski definition) is 2. The Bertz CT molecular complexity index is 338. The van der Waals surface area contributed by atoms with E-state index in [0.717, 1.165) is 30.2 Å². The second-order valence-electron chi connectivity index (χ2n) is 4.01. The lowest BCUT2D eigenvalue weighted by molar-refractivity contribution is 0.301. The van der Waals surface area contributed by atoms with Gasteiger partial charge in [0.25, 0.3) is 0 Å². The minimum absolute atomic E-state index is 0.168. The van der Waals surface area contributed by atoms with Crippen LogP contribution in [0.3, 0.4) is 0 Å². The number of benzene rings is 1. The highest BCUT2D eigenvalue weighted by atomic mass is 35.5. The average molecular weight is 257 g/mol. The number of rotatable bonds is 7. The Hall–Kier alpha value is -0.770. The molecule has 1 rings (SSSR count). The molecule has 96 valence electrons. The van der Waals surface area contributed by atoms with Crippen molar-refractivity contribution in [2.24, 2.45) is 0 Å². The number of aliphatic hydroxyl groups excluding tert-OH is 1. The van der Waals surface area contributed by atoms with Crippen LogP contribution in [0.4, 0.5) is 5.69 Å². The Kier molecular flexibility index (Phi) is 6.34. The molecule has 0 aliphatic heterocycles. The quantitative estimate of drug-likeness (QED) is 0.786. The molecule has 0 amide bonds. The smallest absolute Gasteiger partial charge is 0.0606 e. The van der Waals surface area contributed by atoms with Crippen LogP contribution in [0.2, 0.25) is 5.02 Å². The summed E-state index contributed by atoms with van der Waals surface area (Å²) in [5, 5.41) is 13.0. The summed E-state index contributed by atoms with van der Waals surface area (Å²) in [5.74, 6) is 0. The molecular weight excluding hydrogens is 236 g/mol. The van der Waals surface area contributed by atoms with Gasteiger partial charge in [0.2, 0.25) is 0 Å². The zero-order chi connectivity index (χ0) is 12.7. The van der Waals surface area contributed by atoms with E-state index < -0.39 is 0 Å². The van der Waals surface area contributed by atoms with Crippen LogP contribution in [0.15, 0.2) is 18.2 Å². The van der Waals surface area contributed by atoms with Crippen LogP contribution in [0, 0.1) is 0 Å². The second kappa shape index (κ2) is 7.54. The largest absolute Gasteiger partial charge is 0.395 e. The first-order chi connectivity index (χ1) is 8.22. The lowest BCUT2D eigenvalue weighted by atomic mass is 10.1. The minimum Gasteiger partial charge on any atom is -0.395 e. The minimum atomic E-state index is 0.168. The SMILES string of the molecule is CCCN(CCO)c1ccc(Cl)cc1CNC. The van der Waals surface area contributed by atoms with Crippen molar-refractivity contribution >= 4 is 17.3 Å². The molecule has 2 N–H and O–H groups in total. The molecule has 0 bridgehead atoms. The van der Waals surface area contributed by atoms with Crippen molar-refractivity contribution in [2.45, 2.75) is 19.9 Å². The summed E-state index contributed by atoms with van der Waals surface area (Å²) < 4.78 is 0. The summed E-state index contributed by atoms with van der Waals surface area (Å²) >= 11 is 6.02. The van der Waals surface area contributed by atoms with Gasteiger partial charge in [0.05, 0.1) is 6.61 Å². The summed E-state index contributed by atoms with van der Waals surface area (Å²) in [6, 6.07) is 5.91. The number of aliphatic hydroxyl groups is 1. The lowest BCUT2D eigenvalue weighted by Crippen LogP contribution is -2.29. The molecule has 1 aromatic carbocycles. The molecule has 0 aliphatic rings. The molecular formula is C13H21ClN2O. The van der Waals surface area contributed by atoms with Crippen LogP contribution in [0.25, 0.3) is 0 Å². The first-order valence-electron chi connectivity index (χ1n) is 6.01. The highest BCUT2D eigenvalue weighted by Gasteiger charge is 2.10. The number of nitrogens with one attached hydrogen (secondary N) is 1. The Morgan fingerprint density at radius 2 is 2.12 bits per heavy atom. The zero-order valence-electron chi connectivity index (χ0n) is 10.5. The molecule has 0 unspecified atom stereocenters. The van der Waals surface area contributed by atoms with Gasteiger partial charge in [0, 0.05) is 30.3 Å². The third kappa shape index (κ3) is 4.19.